The summed E-state index contributed by atoms with van der Waals surface area (Å²) >= 11 is 0. The smallest absolute Gasteiger partial charge is 0.252 e. The van der Waals surface area contributed by atoms with E-state index in [1.165, 1.54) is 22.5 Å². The Labute approximate surface area is 272 Å². The van der Waals surface area contributed by atoms with E-state index in [4.69, 9.17) is 14.6 Å². The zero-order valence-corrected chi connectivity index (χ0v) is 28.2. The molecule has 3 rings (SSSR count). The second kappa shape index (κ2) is 17.1. The number of aliphatic hydroxyl groups is 2. The molecule has 0 saturated heterocycles. The van der Waals surface area contributed by atoms with Crippen molar-refractivity contribution in [3.63, 3.8) is 0 Å². The number of hydrazine groups is 1. The van der Waals surface area contributed by atoms with Gasteiger partial charge in [0, 0.05) is 32.1 Å². The molecule has 0 fully saturated rings. The lowest BCUT2D eigenvalue weighted by Crippen LogP contribution is -2.60. The molecule has 12 nitrogen and oxygen atoms in total. The summed E-state index contributed by atoms with van der Waals surface area (Å²) in [6, 6.07) is 12.5. The second-order valence-corrected chi connectivity index (χ2v) is 14.4. The van der Waals surface area contributed by atoms with Crippen LogP contribution in [0.1, 0.15) is 46.6 Å². The van der Waals surface area contributed by atoms with Crippen molar-refractivity contribution in [3.05, 3.63) is 54.1 Å². The van der Waals surface area contributed by atoms with Gasteiger partial charge in [0.2, 0.25) is 22.7 Å². The highest BCUT2D eigenvalue weighted by Crippen LogP contribution is 2.35. The number of halogens is 1. The Balaban J connectivity index is 0.00000705. The van der Waals surface area contributed by atoms with E-state index in [2.05, 4.69) is 10.7 Å². The van der Waals surface area contributed by atoms with Crippen molar-refractivity contribution in [1.82, 2.24) is 20.1 Å². The summed E-state index contributed by atoms with van der Waals surface area (Å²) < 4.78 is 39.8. The van der Waals surface area contributed by atoms with E-state index in [0.29, 0.717) is 11.5 Å². The van der Waals surface area contributed by atoms with Gasteiger partial charge < -0.3 is 25.0 Å². The molecule has 0 aliphatic carbocycles. The Bertz CT molecular complexity index is 1360. The topological polar surface area (TPSA) is 158 Å². The van der Waals surface area contributed by atoms with E-state index in [-0.39, 0.29) is 75.6 Å². The molecule has 0 spiro atoms. The van der Waals surface area contributed by atoms with Crippen molar-refractivity contribution >= 4 is 34.2 Å². The number of aliphatic hydroxyl groups excluding tert-OH is 2. The van der Waals surface area contributed by atoms with Gasteiger partial charge in [-0.2, -0.15) is 4.31 Å². The monoisotopic (exact) mass is 670 g/mol. The normalized spacial score (nSPS) is 14.2. The van der Waals surface area contributed by atoms with E-state index in [1.807, 2.05) is 65.0 Å². The SMILES string of the molecule is CC(C)CN(C[C@@H](O)[C@H](Cc1ccccc1)N(NC(=O)CNCCO)C(=O)CC(C)(C)C)S(=O)(=O)c1ccc2c(c1)OCO2.Cl. The summed E-state index contributed by atoms with van der Waals surface area (Å²) in [7, 11) is -4.12. The number of hydrogen-bond donors (Lipinski definition) is 4. The van der Waals surface area contributed by atoms with Crippen LogP contribution < -0.4 is 20.2 Å². The van der Waals surface area contributed by atoms with E-state index < -0.39 is 39.4 Å². The van der Waals surface area contributed by atoms with Crippen LogP contribution in [0.25, 0.3) is 0 Å². The summed E-state index contributed by atoms with van der Waals surface area (Å²) in [4.78, 5) is 26.6. The number of carbonyl (C=O) groups is 2. The van der Waals surface area contributed by atoms with Crippen molar-refractivity contribution in [2.75, 3.05) is 39.6 Å². The fourth-order valence-electron chi connectivity index (χ4n) is 4.77. The molecule has 14 heteroatoms. The maximum atomic E-state index is 13.9. The van der Waals surface area contributed by atoms with Crippen LogP contribution >= 0.6 is 12.4 Å². The van der Waals surface area contributed by atoms with Gasteiger partial charge in [0.15, 0.2) is 11.5 Å². The first-order valence-electron chi connectivity index (χ1n) is 14.8. The number of rotatable bonds is 15. The predicted molar refractivity (Wildman–Crippen MR) is 172 cm³/mol. The van der Waals surface area contributed by atoms with Crippen molar-refractivity contribution in [2.45, 2.75) is 64.5 Å². The Morgan fingerprint density at radius 2 is 1.69 bits per heavy atom. The lowest BCUT2D eigenvalue weighted by Gasteiger charge is -2.38. The number of amides is 2. The molecule has 45 heavy (non-hydrogen) atoms. The van der Waals surface area contributed by atoms with Gasteiger partial charge in [0.1, 0.15) is 0 Å². The molecule has 1 aliphatic heterocycles. The number of sulfonamides is 1. The van der Waals surface area contributed by atoms with E-state index in [9.17, 15) is 23.1 Å². The molecule has 2 atom stereocenters. The largest absolute Gasteiger partial charge is 0.454 e. The van der Waals surface area contributed by atoms with Gasteiger partial charge in [0.05, 0.1) is 30.2 Å². The molecule has 0 saturated carbocycles. The molecular weight excluding hydrogens is 624 g/mol. The lowest BCUT2D eigenvalue weighted by molar-refractivity contribution is -0.149. The number of nitrogens with zero attached hydrogens (tertiary/aromatic N) is 2. The Kier molecular flexibility index (Phi) is 14.5. The minimum atomic E-state index is -4.12. The first-order valence-corrected chi connectivity index (χ1v) is 16.2. The molecule has 0 bridgehead atoms. The molecule has 2 aromatic rings. The van der Waals surface area contributed by atoms with E-state index in [1.54, 1.807) is 0 Å². The number of benzene rings is 2. The molecule has 0 unspecified atom stereocenters. The molecule has 0 aromatic heterocycles. The maximum absolute atomic E-state index is 13.9. The zero-order valence-electron chi connectivity index (χ0n) is 26.6. The van der Waals surface area contributed by atoms with Crippen LogP contribution in [-0.2, 0) is 26.0 Å². The van der Waals surface area contributed by atoms with Gasteiger partial charge in [-0.3, -0.25) is 15.0 Å². The highest BCUT2D eigenvalue weighted by Gasteiger charge is 2.37. The molecule has 1 aliphatic rings. The van der Waals surface area contributed by atoms with Gasteiger partial charge in [-0.05, 0) is 35.4 Å². The van der Waals surface area contributed by atoms with Gasteiger partial charge in [-0.1, -0.05) is 65.0 Å². The highest BCUT2D eigenvalue weighted by atomic mass is 35.5. The van der Waals surface area contributed by atoms with Gasteiger partial charge >= 0.3 is 0 Å². The third-order valence-corrected chi connectivity index (χ3v) is 8.60. The van der Waals surface area contributed by atoms with E-state index >= 15 is 0 Å². The highest BCUT2D eigenvalue weighted by molar-refractivity contribution is 7.89. The lowest BCUT2D eigenvalue weighted by atomic mass is 9.91. The van der Waals surface area contributed by atoms with Crippen LogP contribution in [-0.4, -0.2) is 91.5 Å². The van der Waals surface area contributed by atoms with Crippen LogP contribution in [0.4, 0.5) is 0 Å². The summed E-state index contributed by atoms with van der Waals surface area (Å²) in [5.41, 5.74) is 3.00. The average molecular weight is 671 g/mol. The number of nitrogens with one attached hydrogen (secondary N) is 2. The Morgan fingerprint density at radius 1 is 1.02 bits per heavy atom. The molecule has 252 valence electrons. The molecule has 0 radical (unpaired) electrons. The van der Waals surface area contributed by atoms with Crippen LogP contribution in [0.2, 0.25) is 0 Å². The summed E-state index contributed by atoms with van der Waals surface area (Å²) in [5.74, 6) is -0.302. The minimum Gasteiger partial charge on any atom is -0.454 e. The molecule has 1 heterocycles. The third kappa shape index (κ3) is 11.4. The fourth-order valence-corrected chi connectivity index (χ4v) is 6.41. The van der Waals surface area contributed by atoms with Crippen LogP contribution in [0.5, 0.6) is 11.5 Å². The number of hydrogen-bond acceptors (Lipinski definition) is 9. The van der Waals surface area contributed by atoms with E-state index in [0.717, 1.165) is 10.6 Å². The van der Waals surface area contributed by atoms with Crippen molar-refractivity contribution < 1.29 is 37.7 Å². The summed E-state index contributed by atoms with van der Waals surface area (Å²) in [5, 5.41) is 24.8. The van der Waals surface area contributed by atoms with Crippen molar-refractivity contribution in [3.8, 4) is 11.5 Å². The van der Waals surface area contributed by atoms with Crippen LogP contribution in [0.15, 0.2) is 53.4 Å². The third-order valence-electron chi connectivity index (χ3n) is 6.77. The van der Waals surface area contributed by atoms with Crippen LogP contribution in [0, 0.1) is 11.3 Å². The summed E-state index contributed by atoms with van der Waals surface area (Å²) in [6.07, 6.45) is -1.20. The number of ether oxygens (including phenoxy) is 2. The minimum absolute atomic E-state index is 0. The first kappa shape index (κ1) is 38.2. The number of carbonyl (C=O) groups excluding carboxylic acids is 2. The molecule has 2 amide bonds. The molecular formula is C31H47ClN4O8S. The fraction of sp³-hybridized carbons (Fsp3) is 0.548. The zero-order chi connectivity index (χ0) is 32.5. The van der Waals surface area contributed by atoms with Gasteiger partial charge in [-0.15, -0.1) is 12.4 Å². The first-order chi connectivity index (χ1) is 20.7. The quantitative estimate of drug-likeness (QED) is 0.165. The van der Waals surface area contributed by atoms with Crippen LogP contribution in [0.3, 0.4) is 0 Å². The van der Waals surface area contributed by atoms with Crippen molar-refractivity contribution in [2.24, 2.45) is 11.3 Å². The predicted octanol–water partition coefficient (Wildman–Crippen LogP) is 2.33. The summed E-state index contributed by atoms with van der Waals surface area (Å²) in [6.45, 7) is 8.99. The van der Waals surface area contributed by atoms with Crippen molar-refractivity contribution in [1.29, 1.82) is 0 Å². The van der Waals surface area contributed by atoms with Gasteiger partial charge in [-0.25, -0.2) is 13.4 Å². The average Bonchev–Trinajstić information content (AvgIpc) is 3.42. The number of fused-ring (bicyclic) bond motifs is 1. The van der Waals surface area contributed by atoms with Gasteiger partial charge in [0.25, 0.3) is 5.91 Å². The Morgan fingerprint density at radius 3 is 2.31 bits per heavy atom. The maximum Gasteiger partial charge on any atom is 0.252 e. The second-order valence-electron chi connectivity index (χ2n) is 12.5. The molecule has 2 aromatic carbocycles. The Hall–Kier alpha value is -2.94. The molecule has 4 N–H and O–H groups in total. The standard InChI is InChI=1S/C31H46N4O8S.ClH/c1-22(2)19-34(44(40,41)24-11-12-27-28(16-24)43-21-42-27)20-26(37)25(15-23-9-7-6-8-10-23)35(30(39)17-31(3,4)5)33-29(38)18-32-13-14-36;/h6-12,16,22,25-26,32,36-37H,13-15,17-21H2,1-5H3,(H,33,38);1H/t25-,26+;/m0./s1.